The van der Waals surface area contributed by atoms with Crippen molar-refractivity contribution < 1.29 is 19.4 Å². The standard InChI is InChI=1S/C18H23NO4/c1-23-12-11-19-16(20)14-8-4-3-7-13(14)15(17(21)22)18(19)9-5-2-6-10-18/h3-4,7-8,15H,2,5-6,9-12H2,1H3,(H,21,22). The summed E-state index contributed by atoms with van der Waals surface area (Å²) in [4.78, 5) is 27.0. The summed E-state index contributed by atoms with van der Waals surface area (Å²) in [7, 11) is 1.60. The summed E-state index contributed by atoms with van der Waals surface area (Å²) < 4.78 is 5.17. The second-order valence-electron chi connectivity index (χ2n) is 6.47. The Balaban J connectivity index is 2.15. The van der Waals surface area contributed by atoms with Crippen LogP contribution in [0, 0.1) is 0 Å². The van der Waals surface area contributed by atoms with Crippen molar-refractivity contribution in [3.63, 3.8) is 0 Å². The van der Waals surface area contributed by atoms with Gasteiger partial charge in [-0.25, -0.2) is 0 Å². The predicted octanol–water partition coefficient (Wildman–Crippen LogP) is 2.66. The first-order valence-electron chi connectivity index (χ1n) is 8.24. The zero-order chi connectivity index (χ0) is 16.4. The van der Waals surface area contributed by atoms with Crippen LogP contribution in [0.3, 0.4) is 0 Å². The van der Waals surface area contributed by atoms with Crippen LogP contribution in [0.15, 0.2) is 24.3 Å². The quantitative estimate of drug-likeness (QED) is 0.927. The molecule has 1 amide bonds. The van der Waals surface area contributed by atoms with E-state index >= 15 is 0 Å². The van der Waals surface area contributed by atoms with Crippen LogP contribution in [-0.4, -0.2) is 47.7 Å². The van der Waals surface area contributed by atoms with Crippen molar-refractivity contribution in [3.05, 3.63) is 35.4 Å². The van der Waals surface area contributed by atoms with Gasteiger partial charge < -0.3 is 14.7 Å². The van der Waals surface area contributed by atoms with Crippen LogP contribution in [0.1, 0.15) is 53.9 Å². The van der Waals surface area contributed by atoms with Gasteiger partial charge in [-0.3, -0.25) is 9.59 Å². The number of hydrogen-bond acceptors (Lipinski definition) is 3. The maximum absolute atomic E-state index is 13.0. The molecule has 1 saturated carbocycles. The molecule has 0 bridgehead atoms. The molecule has 5 nitrogen and oxygen atoms in total. The molecule has 1 aromatic carbocycles. The topological polar surface area (TPSA) is 66.8 Å². The molecule has 5 heteroatoms. The van der Waals surface area contributed by atoms with Crippen molar-refractivity contribution in [3.8, 4) is 0 Å². The fourth-order valence-corrected chi connectivity index (χ4v) is 4.33. The Morgan fingerprint density at radius 1 is 1.30 bits per heavy atom. The lowest BCUT2D eigenvalue weighted by molar-refractivity contribution is -0.144. The van der Waals surface area contributed by atoms with Crippen molar-refractivity contribution in [2.24, 2.45) is 0 Å². The number of rotatable bonds is 4. The van der Waals surface area contributed by atoms with E-state index in [-0.39, 0.29) is 5.91 Å². The smallest absolute Gasteiger partial charge is 0.313 e. The third-order valence-corrected chi connectivity index (χ3v) is 5.31. The molecule has 1 N–H and O–H groups in total. The first-order valence-corrected chi connectivity index (χ1v) is 8.24. The normalized spacial score (nSPS) is 22.9. The summed E-state index contributed by atoms with van der Waals surface area (Å²) in [5, 5.41) is 9.96. The van der Waals surface area contributed by atoms with Gasteiger partial charge in [-0.05, 0) is 24.5 Å². The van der Waals surface area contributed by atoms with Crippen LogP contribution < -0.4 is 0 Å². The SMILES string of the molecule is COCCN1C(=O)c2ccccc2C(C(=O)O)C12CCCCC2. The van der Waals surface area contributed by atoms with Crippen molar-refractivity contribution in [2.45, 2.75) is 43.6 Å². The van der Waals surface area contributed by atoms with Gasteiger partial charge in [0.15, 0.2) is 0 Å². The van der Waals surface area contributed by atoms with Crippen LogP contribution in [0.25, 0.3) is 0 Å². The molecule has 3 rings (SSSR count). The largest absolute Gasteiger partial charge is 0.481 e. The Labute approximate surface area is 136 Å². The number of nitrogens with zero attached hydrogens (tertiary/aromatic N) is 1. The average Bonchev–Trinajstić information content (AvgIpc) is 2.55. The molecular weight excluding hydrogens is 294 g/mol. The molecule has 124 valence electrons. The Bertz CT molecular complexity index is 607. The van der Waals surface area contributed by atoms with Crippen LogP contribution in [0.4, 0.5) is 0 Å². The maximum atomic E-state index is 13.0. The highest BCUT2D eigenvalue weighted by Crippen LogP contribution is 2.49. The van der Waals surface area contributed by atoms with Gasteiger partial charge in [-0.15, -0.1) is 0 Å². The number of carboxylic acids is 1. The van der Waals surface area contributed by atoms with E-state index in [4.69, 9.17) is 4.74 Å². The molecule has 1 spiro atoms. The minimum Gasteiger partial charge on any atom is -0.481 e. The molecule has 0 radical (unpaired) electrons. The summed E-state index contributed by atoms with van der Waals surface area (Å²) in [5.74, 6) is -1.56. The number of aliphatic carboxylic acids is 1. The van der Waals surface area contributed by atoms with Gasteiger partial charge in [0.2, 0.25) is 0 Å². The van der Waals surface area contributed by atoms with Crippen LogP contribution in [0.2, 0.25) is 0 Å². The fraction of sp³-hybridized carbons (Fsp3) is 0.556. The Kier molecular flexibility index (Phi) is 4.39. The zero-order valence-corrected chi connectivity index (χ0v) is 13.5. The second kappa shape index (κ2) is 6.32. The van der Waals surface area contributed by atoms with Gasteiger partial charge in [0.25, 0.3) is 5.91 Å². The van der Waals surface area contributed by atoms with E-state index in [9.17, 15) is 14.7 Å². The number of carboxylic acid groups (broad SMARTS) is 1. The molecular formula is C18H23NO4. The molecule has 0 aromatic heterocycles. The molecule has 2 aliphatic rings. The van der Waals surface area contributed by atoms with Gasteiger partial charge in [-0.2, -0.15) is 0 Å². The summed E-state index contributed by atoms with van der Waals surface area (Å²) in [6.07, 6.45) is 4.51. The molecule has 1 unspecified atom stereocenters. The number of amides is 1. The van der Waals surface area contributed by atoms with Gasteiger partial charge in [-0.1, -0.05) is 37.5 Å². The highest BCUT2D eigenvalue weighted by molar-refractivity contribution is 6.01. The van der Waals surface area contributed by atoms with Crippen LogP contribution in [-0.2, 0) is 9.53 Å². The van der Waals surface area contributed by atoms with E-state index in [0.717, 1.165) is 32.1 Å². The van der Waals surface area contributed by atoms with Gasteiger partial charge in [0, 0.05) is 19.2 Å². The van der Waals surface area contributed by atoms with Crippen molar-refractivity contribution in [1.29, 1.82) is 0 Å². The lowest BCUT2D eigenvalue weighted by atomic mass is 9.65. The van der Waals surface area contributed by atoms with E-state index in [0.29, 0.717) is 24.3 Å². The van der Waals surface area contributed by atoms with Gasteiger partial charge in [0.1, 0.15) is 5.92 Å². The van der Waals surface area contributed by atoms with Crippen molar-refractivity contribution >= 4 is 11.9 Å². The Morgan fingerprint density at radius 3 is 2.65 bits per heavy atom. The third kappa shape index (κ3) is 2.53. The minimum absolute atomic E-state index is 0.0583. The van der Waals surface area contributed by atoms with Gasteiger partial charge in [0.05, 0.1) is 12.1 Å². The number of carbonyl (C=O) groups excluding carboxylic acids is 1. The summed E-state index contributed by atoms with van der Waals surface area (Å²) in [6, 6.07) is 7.16. The van der Waals surface area contributed by atoms with E-state index < -0.39 is 17.4 Å². The number of ether oxygens (including phenoxy) is 1. The minimum atomic E-state index is -0.839. The highest BCUT2D eigenvalue weighted by Gasteiger charge is 2.54. The molecule has 1 atom stereocenters. The number of methoxy groups -OCH3 is 1. The summed E-state index contributed by atoms with van der Waals surface area (Å²) in [5.41, 5.74) is 0.571. The number of carbonyl (C=O) groups is 2. The predicted molar refractivity (Wildman–Crippen MR) is 85.5 cm³/mol. The second-order valence-corrected chi connectivity index (χ2v) is 6.47. The lowest BCUT2D eigenvalue weighted by Gasteiger charge is -2.53. The average molecular weight is 317 g/mol. The maximum Gasteiger partial charge on any atom is 0.313 e. The van der Waals surface area contributed by atoms with Crippen molar-refractivity contribution in [2.75, 3.05) is 20.3 Å². The van der Waals surface area contributed by atoms with E-state index in [1.54, 1.807) is 30.2 Å². The van der Waals surface area contributed by atoms with Crippen LogP contribution >= 0.6 is 0 Å². The van der Waals surface area contributed by atoms with Crippen molar-refractivity contribution in [1.82, 2.24) is 4.90 Å². The molecule has 23 heavy (non-hydrogen) atoms. The highest BCUT2D eigenvalue weighted by atomic mass is 16.5. The molecule has 1 aliphatic carbocycles. The van der Waals surface area contributed by atoms with E-state index in [1.165, 1.54) is 0 Å². The fourth-order valence-electron chi connectivity index (χ4n) is 4.33. The Morgan fingerprint density at radius 2 is 2.00 bits per heavy atom. The number of benzene rings is 1. The summed E-state index contributed by atoms with van der Waals surface area (Å²) >= 11 is 0. The zero-order valence-electron chi connectivity index (χ0n) is 13.5. The molecule has 0 saturated heterocycles. The number of hydrogen-bond donors (Lipinski definition) is 1. The molecule has 1 aromatic rings. The first-order chi connectivity index (χ1) is 11.1. The van der Waals surface area contributed by atoms with E-state index in [1.807, 2.05) is 6.07 Å². The van der Waals surface area contributed by atoms with E-state index in [2.05, 4.69) is 0 Å². The third-order valence-electron chi connectivity index (χ3n) is 5.31. The molecule has 1 heterocycles. The lowest BCUT2D eigenvalue weighted by Crippen LogP contribution is -2.62. The molecule has 1 aliphatic heterocycles. The number of fused-ring (bicyclic) bond motifs is 1. The first kappa shape index (κ1) is 16.0. The van der Waals surface area contributed by atoms with Crippen LogP contribution in [0.5, 0.6) is 0 Å². The molecule has 1 fully saturated rings. The Hall–Kier alpha value is -1.88. The van der Waals surface area contributed by atoms with Gasteiger partial charge >= 0.3 is 5.97 Å². The monoisotopic (exact) mass is 317 g/mol. The summed E-state index contributed by atoms with van der Waals surface area (Å²) in [6.45, 7) is 0.857.